The maximum atomic E-state index is 6.00. The molecule has 0 amide bonds. The summed E-state index contributed by atoms with van der Waals surface area (Å²) in [6, 6.07) is 7.54. The largest absolute Gasteiger partial charge is 0.423 e. The summed E-state index contributed by atoms with van der Waals surface area (Å²) in [6.45, 7) is 2.66. The zero-order valence-electron chi connectivity index (χ0n) is 10.3. The third-order valence-electron chi connectivity index (χ3n) is 2.46. The molecule has 1 heterocycles. The summed E-state index contributed by atoms with van der Waals surface area (Å²) < 4.78 is 5.55. The molecule has 0 aliphatic carbocycles. The van der Waals surface area contributed by atoms with E-state index in [9.17, 15) is 0 Å². The van der Waals surface area contributed by atoms with Gasteiger partial charge in [-0.25, -0.2) is 4.98 Å². The molecule has 0 spiro atoms. The SMILES string of the molecule is CNCc1cnc(Oc2ccccc2Cl)nc1C. The highest BCUT2D eigenvalue weighted by atomic mass is 35.5. The number of nitrogens with one attached hydrogen (secondary N) is 1. The van der Waals surface area contributed by atoms with Gasteiger partial charge in [0.15, 0.2) is 0 Å². The van der Waals surface area contributed by atoms with Crippen LogP contribution in [0.4, 0.5) is 0 Å². The number of nitrogens with zero attached hydrogens (tertiary/aromatic N) is 2. The van der Waals surface area contributed by atoms with Crippen LogP contribution in [0.15, 0.2) is 30.5 Å². The number of aromatic nitrogens is 2. The van der Waals surface area contributed by atoms with Crippen molar-refractivity contribution in [3.8, 4) is 11.8 Å². The van der Waals surface area contributed by atoms with E-state index in [0.29, 0.717) is 16.8 Å². The number of rotatable bonds is 4. The van der Waals surface area contributed by atoms with Crippen LogP contribution in [0.2, 0.25) is 5.02 Å². The topological polar surface area (TPSA) is 47.0 Å². The molecule has 0 unspecified atom stereocenters. The maximum absolute atomic E-state index is 6.00. The van der Waals surface area contributed by atoms with Crippen molar-refractivity contribution in [3.63, 3.8) is 0 Å². The first-order valence-corrected chi connectivity index (χ1v) is 5.98. The summed E-state index contributed by atoms with van der Waals surface area (Å²) in [5.74, 6) is 0.555. The van der Waals surface area contributed by atoms with Gasteiger partial charge < -0.3 is 10.1 Å². The van der Waals surface area contributed by atoms with Crippen LogP contribution in [-0.2, 0) is 6.54 Å². The molecule has 1 N–H and O–H groups in total. The highest BCUT2D eigenvalue weighted by Crippen LogP contribution is 2.27. The molecule has 2 aromatic rings. The average molecular weight is 264 g/mol. The van der Waals surface area contributed by atoms with Gasteiger partial charge in [0, 0.05) is 24.0 Å². The van der Waals surface area contributed by atoms with E-state index >= 15 is 0 Å². The smallest absolute Gasteiger partial charge is 0.322 e. The predicted octanol–water partition coefficient (Wildman–Crippen LogP) is 2.95. The monoisotopic (exact) mass is 263 g/mol. The van der Waals surface area contributed by atoms with Crippen LogP contribution in [0.5, 0.6) is 11.8 Å². The Kier molecular flexibility index (Phi) is 4.12. The van der Waals surface area contributed by atoms with Gasteiger partial charge in [-0.3, -0.25) is 0 Å². The lowest BCUT2D eigenvalue weighted by Crippen LogP contribution is -2.08. The van der Waals surface area contributed by atoms with Crippen molar-refractivity contribution < 1.29 is 4.74 Å². The van der Waals surface area contributed by atoms with Gasteiger partial charge >= 0.3 is 6.01 Å². The first-order chi connectivity index (χ1) is 8.70. The Morgan fingerprint density at radius 1 is 1.33 bits per heavy atom. The molecule has 0 radical (unpaired) electrons. The van der Waals surface area contributed by atoms with Crippen LogP contribution in [0.3, 0.4) is 0 Å². The van der Waals surface area contributed by atoms with E-state index in [2.05, 4.69) is 15.3 Å². The van der Waals surface area contributed by atoms with E-state index in [0.717, 1.165) is 17.8 Å². The van der Waals surface area contributed by atoms with Crippen molar-refractivity contribution >= 4 is 11.6 Å². The Bertz CT molecular complexity index is 546. The molecule has 0 saturated heterocycles. The Morgan fingerprint density at radius 3 is 2.78 bits per heavy atom. The number of para-hydroxylation sites is 1. The summed E-state index contributed by atoms with van der Waals surface area (Å²) in [5.41, 5.74) is 1.94. The van der Waals surface area contributed by atoms with Crippen molar-refractivity contribution in [1.82, 2.24) is 15.3 Å². The van der Waals surface area contributed by atoms with E-state index in [1.807, 2.05) is 26.1 Å². The molecule has 2 rings (SSSR count). The molecule has 0 aliphatic heterocycles. The summed E-state index contributed by atoms with van der Waals surface area (Å²) in [4.78, 5) is 8.46. The highest BCUT2D eigenvalue weighted by Gasteiger charge is 2.06. The second-order valence-corrected chi connectivity index (χ2v) is 4.23. The normalized spacial score (nSPS) is 10.4. The minimum absolute atomic E-state index is 0.306. The van der Waals surface area contributed by atoms with Gasteiger partial charge in [-0.05, 0) is 26.1 Å². The zero-order valence-corrected chi connectivity index (χ0v) is 11.0. The molecule has 0 fully saturated rings. The molecule has 1 aromatic heterocycles. The third-order valence-corrected chi connectivity index (χ3v) is 2.78. The van der Waals surface area contributed by atoms with Crippen LogP contribution in [0, 0.1) is 6.92 Å². The van der Waals surface area contributed by atoms with E-state index in [4.69, 9.17) is 16.3 Å². The quantitative estimate of drug-likeness (QED) is 0.921. The van der Waals surface area contributed by atoms with Gasteiger partial charge in [0.1, 0.15) is 5.75 Å². The van der Waals surface area contributed by atoms with Crippen LogP contribution >= 0.6 is 11.6 Å². The Balaban J connectivity index is 2.20. The Hall–Kier alpha value is -1.65. The first kappa shape index (κ1) is 12.8. The second-order valence-electron chi connectivity index (χ2n) is 3.83. The zero-order chi connectivity index (χ0) is 13.0. The highest BCUT2D eigenvalue weighted by molar-refractivity contribution is 6.32. The third kappa shape index (κ3) is 2.97. The molecule has 5 heteroatoms. The lowest BCUT2D eigenvalue weighted by Gasteiger charge is -2.08. The van der Waals surface area contributed by atoms with Crippen LogP contribution < -0.4 is 10.1 Å². The minimum Gasteiger partial charge on any atom is -0.423 e. The fourth-order valence-corrected chi connectivity index (χ4v) is 1.68. The van der Waals surface area contributed by atoms with Gasteiger partial charge in [-0.2, -0.15) is 4.98 Å². The van der Waals surface area contributed by atoms with Gasteiger partial charge in [0.05, 0.1) is 5.02 Å². The molecule has 0 aliphatic rings. The van der Waals surface area contributed by atoms with Gasteiger partial charge in [-0.15, -0.1) is 0 Å². The van der Waals surface area contributed by atoms with Gasteiger partial charge in [-0.1, -0.05) is 23.7 Å². The number of hydrogen-bond donors (Lipinski definition) is 1. The van der Waals surface area contributed by atoms with Crippen molar-refractivity contribution in [3.05, 3.63) is 46.7 Å². The van der Waals surface area contributed by atoms with Crippen molar-refractivity contribution in [2.75, 3.05) is 7.05 Å². The average Bonchev–Trinajstić information content (AvgIpc) is 2.36. The lowest BCUT2D eigenvalue weighted by molar-refractivity contribution is 0.439. The molecular formula is C13H14ClN3O. The number of benzene rings is 1. The standard InChI is InChI=1S/C13H14ClN3O/c1-9-10(7-15-2)8-16-13(17-9)18-12-6-4-3-5-11(12)14/h3-6,8,15H,7H2,1-2H3. The fourth-order valence-electron chi connectivity index (χ4n) is 1.51. The number of ether oxygens (including phenoxy) is 1. The maximum Gasteiger partial charge on any atom is 0.322 e. The van der Waals surface area contributed by atoms with E-state index in [1.165, 1.54) is 0 Å². The number of hydrogen-bond acceptors (Lipinski definition) is 4. The Labute approximate surface area is 111 Å². The predicted molar refractivity (Wildman–Crippen MR) is 71.1 cm³/mol. The Morgan fingerprint density at radius 2 is 2.11 bits per heavy atom. The molecule has 4 nitrogen and oxygen atoms in total. The summed E-state index contributed by atoms with van der Waals surface area (Å²) in [5, 5.41) is 3.60. The molecule has 0 atom stereocenters. The van der Waals surface area contributed by atoms with E-state index in [-0.39, 0.29) is 0 Å². The van der Waals surface area contributed by atoms with Crippen molar-refractivity contribution in [2.45, 2.75) is 13.5 Å². The molecule has 0 bridgehead atoms. The second kappa shape index (κ2) is 5.80. The molecule has 1 aromatic carbocycles. The first-order valence-electron chi connectivity index (χ1n) is 5.60. The summed E-state index contributed by atoms with van der Waals surface area (Å²) in [7, 11) is 1.88. The number of halogens is 1. The van der Waals surface area contributed by atoms with Crippen LogP contribution in [0.1, 0.15) is 11.3 Å². The van der Waals surface area contributed by atoms with E-state index < -0.39 is 0 Å². The summed E-state index contributed by atoms with van der Waals surface area (Å²) in [6.07, 6.45) is 1.75. The van der Waals surface area contributed by atoms with Crippen molar-refractivity contribution in [2.24, 2.45) is 0 Å². The van der Waals surface area contributed by atoms with Crippen LogP contribution in [-0.4, -0.2) is 17.0 Å². The molecule has 0 saturated carbocycles. The minimum atomic E-state index is 0.306. The van der Waals surface area contributed by atoms with E-state index in [1.54, 1.807) is 18.3 Å². The van der Waals surface area contributed by atoms with Crippen LogP contribution in [0.25, 0.3) is 0 Å². The molecular weight excluding hydrogens is 250 g/mol. The molecule has 94 valence electrons. The lowest BCUT2D eigenvalue weighted by atomic mass is 10.2. The number of aryl methyl sites for hydroxylation is 1. The van der Waals surface area contributed by atoms with Crippen molar-refractivity contribution in [1.29, 1.82) is 0 Å². The fraction of sp³-hybridized carbons (Fsp3) is 0.231. The van der Waals surface area contributed by atoms with Gasteiger partial charge in [0.25, 0.3) is 0 Å². The summed E-state index contributed by atoms with van der Waals surface area (Å²) >= 11 is 6.00. The molecule has 18 heavy (non-hydrogen) atoms. The van der Waals surface area contributed by atoms with Gasteiger partial charge in [0.2, 0.25) is 0 Å².